The van der Waals surface area contributed by atoms with Crippen LogP contribution < -0.4 is 10.1 Å². The third-order valence-electron chi connectivity index (χ3n) is 2.76. The maximum Gasteiger partial charge on any atom is 0.161 e. The molecule has 1 aromatic carbocycles. The average molecular weight is 247 g/mol. The van der Waals surface area contributed by atoms with E-state index >= 15 is 0 Å². The van der Waals surface area contributed by atoms with E-state index in [1.165, 1.54) is 13.4 Å². The van der Waals surface area contributed by atoms with Crippen molar-refractivity contribution in [3.05, 3.63) is 18.5 Å². The molecule has 0 spiro atoms. The normalized spacial score (nSPS) is 10.6. The summed E-state index contributed by atoms with van der Waals surface area (Å²) < 4.78 is 5.10. The Bertz CT molecular complexity index is 543. The van der Waals surface area contributed by atoms with E-state index in [0.29, 0.717) is 11.3 Å². The highest BCUT2D eigenvalue weighted by molar-refractivity contribution is 5.91. The van der Waals surface area contributed by atoms with E-state index < -0.39 is 0 Å². The van der Waals surface area contributed by atoms with Crippen molar-refractivity contribution in [3.63, 3.8) is 0 Å². The molecule has 0 bridgehead atoms. The summed E-state index contributed by atoms with van der Waals surface area (Å²) in [7, 11) is 1.52. The summed E-state index contributed by atoms with van der Waals surface area (Å²) in [6.45, 7) is 3.01. The quantitative estimate of drug-likeness (QED) is 0.795. The first-order chi connectivity index (χ1) is 8.76. The summed E-state index contributed by atoms with van der Waals surface area (Å²) in [4.78, 5) is 8.36. The summed E-state index contributed by atoms with van der Waals surface area (Å²) in [5, 5.41) is 13.8. The van der Waals surface area contributed by atoms with Crippen molar-refractivity contribution < 1.29 is 9.84 Å². The van der Waals surface area contributed by atoms with E-state index in [1.807, 2.05) is 0 Å². The Kier molecular flexibility index (Phi) is 3.82. The SMILES string of the molecule is CCCCNc1ncnc2cc(O)c(OC)cc12. The number of hydrogen-bond donors (Lipinski definition) is 2. The molecule has 0 saturated carbocycles. The van der Waals surface area contributed by atoms with E-state index in [9.17, 15) is 5.11 Å². The smallest absolute Gasteiger partial charge is 0.161 e. The zero-order valence-electron chi connectivity index (χ0n) is 10.6. The molecule has 0 unspecified atom stereocenters. The van der Waals surface area contributed by atoms with Crippen LogP contribution in [0.5, 0.6) is 11.5 Å². The lowest BCUT2D eigenvalue weighted by Gasteiger charge is -2.09. The summed E-state index contributed by atoms with van der Waals surface area (Å²) in [6.07, 6.45) is 3.70. The summed E-state index contributed by atoms with van der Waals surface area (Å²) in [5.74, 6) is 1.28. The van der Waals surface area contributed by atoms with Gasteiger partial charge in [0.2, 0.25) is 0 Å². The molecule has 2 N–H and O–H groups in total. The maximum absolute atomic E-state index is 9.71. The Morgan fingerprint density at radius 1 is 1.33 bits per heavy atom. The van der Waals surface area contributed by atoms with Crippen LogP contribution >= 0.6 is 0 Å². The van der Waals surface area contributed by atoms with Crippen LogP contribution in [-0.4, -0.2) is 28.7 Å². The van der Waals surface area contributed by atoms with E-state index in [-0.39, 0.29) is 5.75 Å². The van der Waals surface area contributed by atoms with Crippen LogP contribution in [-0.2, 0) is 0 Å². The minimum Gasteiger partial charge on any atom is -0.504 e. The lowest BCUT2D eigenvalue weighted by atomic mass is 10.2. The highest BCUT2D eigenvalue weighted by Crippen LogP contribution is 2.32. The fraction of sp³-hybridized carbons (Fsp3) is 0.385. The fourth-order valence-corrected chi connectivity index (χ4v) is 1.76. The van der Waals surface area contributed by atoms with E-state index in [4.69, 9.17) is 4.74 Å². The van der Waals surface area contributed by atoms with Crippen LogP contribution in [0.2, 0.25) is 0 Å². The Balaban J connectivity index is 2.40. The van der Waals surface area contributed by atoms with Crippen molar-refractivity contribution >= 4 is 16.7 Å². The van der Waals surface area contributed by atoms with Gasteiger partial charge in [0.05, 0.1) is 12.6 Å². The van der Waals surface area contributed by atoms with Crippen molar-refractivity contribution in [1.82, 2.24) is 9.97 Å². The van der Waals surface area contributed by atoms with Crippen LogP contribution in [0.25, 0.3) is 10.9 Å². The number of aromatic hydroxyl groups is 1. The van der Waals surface area contributed by atoms with Gasteiger partial charge in [-0.05, 0) is 12.5 Å². The van der Waals surface area contributed by atoms with E-state index in [2.05, 4.69) is 22.2 Å². The molecule has 2 aromatic rings. The van der Waals surface area contributed by atoms with Gasteiger partial charge in [-0.25, -0.2) is 9.97 Å². The first-order valence-electron chi connectivity index (χ1n) is 6.01. The number of benzene rings is 1. The molecule has 0 radical (unpaired) electrons. The number of anilines is 1. The molecule has 0 amide bonds. The van der Waals surface area contributed by atoms with Gasteiger partial charge in [-0.1, -0.05) is 13.3 Å². The lowest BCUT2D eigenvalue weighted by Crippen LogP contribution is -2.04. The third kappa shape index (κ3) is 2.45. The molecule has 5 heteroatoms. The van der Waals surface area contributed by atoms with Crippen molar-refractivity contribution in [2.75, 3.05) is 19.0 Å². The number of nitrogens with zero attached hydrogens (tertiary/aromatic N) is 2. The second kappa shape index (κ2) is 5.53. The number of hydrogen-bond acceptors (Lipinski definition) is 5. The van der Waals surface area contributed by atoms with Gasteiger partial charge < -0.3 is 15.2 Å². The minimum absolute atomic E-state index is 0.0863. The molecule has 1 aromatic heterocycles. The number of aromatic nitrogens is 2. The van der Waals surface area contributed by atoms with Gasteiger partial charge in [0.25, 0.3) is 0 Å². The van der Waals surface area contributed by atoms with Crippen molar-refractivity contribution in [2.45, 2.75) is 19.8 Å². The Hall–Kier alpha value is -2.04. The summed E-state index contributed by atoms with van der Waals surface area (Å²) in [6, 6.07) is 3.33. The predicted molar refractivity (Wildman–Crippen MR) is 71.2 cm³/mol. The number of methoxy groups -OCH3 is 1. The van der Waals surface area contributed by atoms with Crippen LogP contribution in [0, 0.1) is 0 Å². The molecule has 0 saturated heterocycles. The topological polar surface area (TPSA) is 67.3 Å². The highest BCUT2D eigenvalue weighted by Gasteiger charge is 2.09. The van der Waals surface area contributed by atoms with Crippen molar-refractivity contribution in [1.29, 1.82) is 0 Å². The van der Waals surface area contributed by atoms with Crippen molar-refractivity contribution in [3.8, 4) is 11.5 Å². The van der Waals surface area contributed by atoms with E-state index in [0.717, 1.165) is 30.6 Å². The Labute approximate surface area is 106 Å². The second-order valence-electron chi connectivity index (χ2n) is 4.04. The monoisotopic (exact) mass is 247 g/mol. The third-order valence-corrected chi connectivity index (χ3v) is 2.76. The molecule has 0 aliphatic heterocycles. The standard InChI is InChI=1S/C13H17N3O2/c1-3-4-5-14-13-9-6-12(18-2)11(17)7-10(9)15-8-16-13/h6-8,17H,3-5H2,1-2H3,(H,14,15,16). The molecule has 96 valence electrons. The number of nitrogens with one attached hydrogen (secondary N) is 1. The zero-order chi connectivity index (χ0) is 13.0. The highest BCUT2D eigenvalue weighted by atomic mass is 16.5. The van der Waals surface area contributed by atoms with Crippen LogP contribution in [0.3, 0.4) is 0 Å². The predicted octanol–water partition coefficient (Wildman–Crippen LogP) is 2.56. The number of fused-ring (bicyclic) bond motifs is 1. The van der Waals surface area contributed by atoms with Crippen LogP contribution in [0.4, 0.5) is 5.82 Å². The van der Waals surface area contributed by atoms with Gasteiger partial charge in [-0.3, -0.25) is 0 Å². The minimum atomic E-state index is 0.0863. The summed E-state index contributed by atoms with van der Waals surface area (Å²) in [5.41, 5.74) is 0.697. The number of phenolic OH excluding ortho intramolecular Hbond substituents is 1. The van der Waals surface area contributed by atoms with Crippen LogP contribution in [0.1, 0.15) is 19.8 Å². The van der Waals surface area contributed by atoms with E-state index in [1.54, 1.807) is 12.1 Å². The molecule has 2 rings (SSSR count). The van der Waals surface area contributed by atoms with Gasteiger partial charge in [0.15, 0.2) is 11.5 Å². The number of unbranched alkanes of at least 4 members (excludes halogenated alkanes) is 1. The maximum atomic E-state index is 9.71. The van der Waals surface area contributed by atoms with Gasteiger partial charge in [-0.2, -0.15) is 0 Å². The molecule has 5 nitrogen and oxygen atoms in total. The Morgan fingerprint density at radius 3 is 2.89 bits per heavy atom. The lowest BCUT2D eigenvalue weighted by molar-refractivity contribution is 0.374. The largest absolute Gasteiger partial charge is 0.504 e. The zero-order valence-corrected chi connectivity index (χ0v) is 10.6. The Morgan fingerprint density at radius 2 is 2.17 bits per heavy atom. The van der Waals surface area contributed by atoms with Crippen LogP contribution in [0.15, 0.2) is 18.5 Å². The fourth-order valence-electron chi connectivity index (χ4n) is 1.76. The molecular formula is C13H17N3O2. The molecular weight excluding hydrogens is 230 g/mol. The van der Waals surface area contributed by atoms with Crippen molar-refractivity contribution in [2.24, 2.45) is 0 Å². The van der Waals surface area contributed by atoms with Gasteiger partial charge >= 0.3 is 0 Å². The summed E-state index contributed by atoms with van der Waals surface area (Å²) >= 11 is 0. The number of phenols is 1. The first-order valence-corrected chi connectivity index (χ1v) is 6.01. The molecule has 0 aliphatic rings. The molecule has 0 aliphatic carbocycles. The molecule has 0 atom stereocenters. The van der Waals surface area contributed by atoms with Gasteiger partial charge in [0, 0.05) is 18.0 Å². The molecule has 0 fully saturated rings. The molecule has 1 heterocycles. The molecule has 18 heavy (non-hydrogen) atoms. The number of rotatable bonds is 5. The van der Waals surface area contributed by atoms with Gasteiger partial charge in [-0.15, -0.1) is 0 Å². The first kappa shape index (κ1) is 12.4. The number of ether oxygens (including phenoxy) is 1. The second-order valence-corrected chi connectivity index (χ2v) is 4.04. The van der Waals surface area contributed by atoms with Gasteiger partial charge in [0.1, 0.15) is 12.1 Å². The average Bonchev–Trinajstić information content (AvgIpc) is 2.38.